The van der Waals surface area contributed by atoms with Crippen molar-refractivity contribution < 1.29 is 22.7 Å². The number of hydrogen-bond donors (Lipinski definition) is 5. The molecule has 8 nitrogen and oxygen atoms in total. The molecule has 0 amide bonds. The first-order chi connectivity index (χ1) is 17.0. The Morgan fingerprint density at radius 3 is 2.72 bits per heavy atom. The molecule has 196 valence electrons. The number of allylic oxidation sites excluding steroid dienone is 4. The van der Waals surface area contributed by atoms with Crippen LogP contribution in [0.5, 0.6) is 0 Å². The van der Waals surface area contributed by atoms with Crippen molar-refractivity contribution in [3.8, 4) is 0 Å². The molecule has 7 N–H and O–H groups in total. The summed E-state index contributed by atoms with van der Waals surface area (Å²) in [6.07, 6.45) is 5.20. The zero-order chi connectivity index (χ0) is 26.7. The van der Waals surface area contributed by atoms with Crippen LogP contribution in [0.4, 0.5) is 17.6 Å². The minimum absolute atomic E-state index is 0.0187. The minimum atomic E-state index is -4.45. The maximum atomic E-state index is 13.6. The van der Waals surface area contributed by atoms with Crippen LogP contribution in [-0.2, 0) is 0 Å². The molecule has 2 aliphatic heterocycles. The van der Waals surface area contributed by atoms with Gasteiger partial charge >= 0.3 is 6.18 Å². The maximum absolute atomic E-state index is 13.6. The van der Waals surface area contributed by atoms with Gasteiger partial charge in [-0.3, -0.25) is 4.99 Å². The zero-order valence-electron chi connectivity index (χ0n) is 19.8. The van der Waals surface area contributed by atoms with Gasteiger partial charge in [0.2, 0.25) is 0 Å². The van der Waals surface area contributed by atoms with Crippen LogP contribution in [0, 0.1) is 11.8 Å². The lowest BCUT2D eigenvalue weighted by Crippen LogP contribution is -2.33. The SMILES string of the molecule is C=C(F)/C=C(\C=C/C/C(N=C[C@H](CC)CN)=C1/NC=CN=C1N)C(O)N=C1C[C@@H](C(F)(F)F)C=CN1. The van der Waals surface area contributed by atoms with Gasteiger partial charge in [-0.05, 0) is 18.7 Å². The molecule has 2 heterocycles. The maximum Gasteiger partial charge on any atom is 0.395 e. The monoisotopic (exact) mass is 509 g/mol. The zero-order valence-corrected chi connectivity index (χ0v) is 19.8. The molecule has 0 bridgehead atoms. The van der Waals surface area contributed by atoms with Gasteiger partial charge in [-0.1, -0.05) is 31.7 Å². The van der Waals surface area contributed by atoms with Crippen molar-refractivity contribution in [1.82, 2.24) is 10.6 Å². The number of aliphatic imine (C=N–C) groups is 3. The third-order valence-corrected chi connectivity index (χ3v) is 5.26. The summed E-state index contributed by atoms with van der Waals surface area (Å²) in [6, 6.07) is 0. The summed E-state index contributed by atoms with van der Waals surface area (Å²) in [6.45, 7) is 5.54. The highest BCUT2D eigenvalue weighted by atomic mass is 19.4. The summed E-state index contributed by atoms with van der Waals surface area (Å²) in [7, 11) is 0. The van der Waals surface area contributed by atoms with Crippen molar-refractivity contribution in [3.63, 3.8) is 0 Å². The predicted octanol–water partition coefficient (Wildman–Crippen LogP) is 3.44. The molecule has 12 heteroatoms. The summed E-state index contributed by atoms with van der Waals surface area (Å²) in [5, 5.41) is 16.1. The molecule has 0 spiro atoms. The number of aliphatic hydroxyl groups is 1. The first kappa shape index (κ1) is 28.7. The molecule has 0 aromatic carbocycles. The molecule has 0 saturated heterocycles. The van der Waals surface area contributed by atoms with Crippen LogP contribution in [0.3, 0.4) is 0 Å². The molecule has 2 rings (SSSR count). The van der Waals surface area contributed by atoms with E-state index in [1.54, 1.807) is 18.5 Å². The fraction of sp³-hybridized carbons (Fsp3) is 0.375. The average Bonchev–Trinajstić information content (AvgIpc) is 2.82. The van der Waals surface area contributed by atoms with Crippen LogP contribution >= 0.6 is 0 Å². The first-order valence-corrected chi connectivity index (χ1v) is 11.2. The van der Waals surface area contributed by atoms with Crippen molar-refractivity contribution in [3.05, 3.63) is 72.3 Å². The van der Waals surface area contributed by atoms with Crippen LogP contribution in [-0.4, -0.2) is 41.9 Å². The molecule has 0 aliphatic carbocycles. The van der Waals surface area contributed by atoms with Gasteiger partial charge in [-0.2, -0.15) is 13.2 Å². The Morgan fingerprint density at radius 2 is 2.11 bits per heavy atom. The fourth-order valence-corrected chi connectivity index (χ4v) is 3.18. The molecule has 0 fully saturated rings. The Bertz CT molecular complexity index is 1030. The van der Waals surface area contributed by atoms with E-state index >= 15 is 0 Å². The van der Waals surface area contributed by atoms with Gasteiger partial charge in [0, 0.05) is 49.5 Å². The quantitative estimate of drug-likeness (QED) is 0.175. The van der Waals surface area contributed by atoms with E-state index in [2.05, 4.69) is 32.2 Å². The lowest BCUT2D eigenvalue weighted by Gasteiger charge is -2.22. The molecule has 2 aliphatic rings. The molecule has 0 saturated carbocycles. The van der Waals surface area contributed by atoms with E-state index in [0.29, 0.717) is 17.9 Å². The van der Waals surface area contributed by atoms with Gasteiger partial charge in [-0.25, -0.2) is 14.4 Å². The number of nitrogens with one attached hydrogen (secondary N) is 2. The molecule has 1 unspecified atom stereocenters. The molecule has 3 atom stereocenters. The summed E-state index contributed by atoms with van der Waals surface area (Å²) in [5.41, 5.74) is 12.7. The smallest absolute Gasteiger partial charge is 0.382 e. The Kier molecular flexibility index (Phi) is 10.8. The molecular formula is C24H31F4N7O. The second-order valence-electron chi connectivity index (χ2n) is 7.98. The van der Waals surface area contributed by atoms with E-state index in [-0.39, 0.29) is 29.6 Å². The minimum Gasteiger partial charge on any atom is -0.382 e. The van der Waals surface area contributed by atoms with E-state index in [4.69, 9.17) is 11.5 Å². The highest BCUT2D eigenvalue weighted by Crippen LogP contribution is 2.31. The molecular weight excluding hydrogens is 478 g/mol. The number of hydrogen-bond acceptors (Lipinski definition) is 7. The Balaban J connectivity index is 2.27. The fourth-order valence-electron chi connectivity index (χ4n) is 3.18. The van der Waals surface area contributed by atoms with E-state index in [9.17, 15) is 22.7 Å². The molecule has 0 aromatic rings. The lowest BCUT2D eigenvalue weighted by molar-refractivity contribution is -0.159. The second kappa shape index (κ2) is 13.5. The van der Waals surface area contributed by atoms with Crippen molar-refractivity contribution in [1.29, 1.82) is 0 Å². The van der Waals surface area contributed by atoms with Crippen LogP contribution < -0.4 is 22.1 Å². The third kappa shape index (κ3) is 8.93. The van der Waals surface area contributed by atoms with Crippen molar-refractivity contribution in [2.45, 2.75) is 38.6 Å². The Morgan fingerprint density at radius 1 is 1.36 bits per heavy atom. The highest BCUT2D eigenvalue weighted by molar-refractivity contribution is 5.98. The first-order valence-electron chi connectivity index (χ1n) is 11.2. The number of alkyl halides is 3. The van der Waals surface area contributed by atoms with Crippen LogP contribution in [0.25, 0.3) is 0 Å². The number of nitrogens with zero attached hydrogens (tertiary/aromatic N) is 3. The standard InChI is InChI=1S/C24H31F4N7O/c1-3-16(13-29)14-34-19(21-22(30)33-10-9-32-21)6-4-5-17(11-15(2)25)23(36)35-20-12-18(7-8-31-20)24(26,27)28/h4-5,7-11,14,16,18,23,32,36H,2-3,6,12-13,29H2,1H3,(H2,30,33)(H,31,35)/b5-4-,17-11+,21-19-,34-14?/t16-,18+,23?/m1/s1. The second-order valence-corrected chi connectivity index (χ2v) is 7.98. The van der Waals surface area contributed by atoms with Gasteiger partial charge < -0.3 is 27.2 Å². The van der Waals surface area contributed by atoms with Gasteiger partial charge in [0.15, 0.2) is 6.23 Å². The Labute approximate surface area is 207 Å². The van der Waals surface area contributed by atoms with Gasteiger partial charge in [0.25, 0.3) is 0 Å². The summed E-state index contributed by atoms with van der Waals surface area (Å²) in [4.78, 5) is 12.5. The van der Waals surface area contributed by atoms with Crippen molar-refractivity contribution in [2.24, 2.45) is 38.3 Å². The normalized spacial score (nSPS) is 23.0. The van der Waals surface area contributed by atoms with Gasteiger partial charge in [0.1, 0.15) is 23.2 Å². The number of halogens is 4. The van der Waals surface area contributed by atoms with Crippen molar-refractivity contribution >= 4 is 17.9 Å². The third-order valence-electron chi connectivity index (χ3n) is 5.26. The number of amidine groups is 2. The predicted molar refractivity (Wildman–Crippen MR) is 134 cm³/mol. The molecule has 0 aromatic heterocycles. The van der Waals surface area contributed by atoms with Gasteiger partial charge in [-0.15, -0.1) is 0 Å². The summed E-state index contributed by atoms with van der Waals surface area (Å²) < 4.78 is 52.7. The largest absolute Gasteiger partial charge is 0.395 e. The van der Waals surface area contributed by atoms with Crippen LogP contribution in [0.1, 0.15) is 26.2 Å². The topological polar surface area (TPSA) is 133 Å². The number of nitrogens with two attached hydrogens (primary N) is 2. The Hall–Kier alpha value is -3.51. The van der Waals surface area contributed by atoms with E-state index < -0.39 is 30.6 Å². The average molecular weight is 510 g/mol. The molecule has 0 radical (unpaired) electrons. The van der Waals surface area contributed by atoms with Crippen molar-refractivity contribution in [2.75, 3.05) is 6.54 Å². The highest BCUT2D eigenvalue weighted by Gasteiger charge is 2.39. The van der Waals surface area contributed by atoms with Crippen LogP contribution in [0.2, 0.25) is 0 Å². The van der Waals surface area contributed by atoms with Crippen LogP contribution in [0.15, 0.2) is 87.3 Å². The molecule has 36 heavy (non-hydrogen) atoms. The van der Waals surface area contributed by atoms with Gasteiger partial charge in [0.05, 0.1) is 11.6 Å². The number of aliphatic hydroxyl groups excluding tert-OH is 1. The summed E-state index contributed by atoms with van der Waals surface area (Å²) in [5.74, 6) is -2.42. The van der Waals surface area contributed by atoms with E-state index in [1.807, 2.05) is 6.92 Å². The summed E-state index contributed by atoms with van der Waals surface area (Å²) >= 11 is 0. The number of rotatable bonds is 10. The van der Waals surface area contributed by atoms with E-state index in [1.165, 1.54) is 12.3 Å². The lowest BCUT2D eigenvalue weighted by atomic mass is 10.0. The van der Waals surface area contributed by atoms with E-state index in [0.717, 1.165) is 24.8 Å².